The highest BCUT2D eigenvalue weighted by Gasteiger charge is 2.18. The molecule has 0 aliphatic carbocycles. The first-order valence-electron chi connectivity index (χ1n) is 12.0. The van der Waals surface area contributed by atoms with E-state index in [1.54, 1.807) is 10.7 Å². The third kappa shape index (κ3) is 5.99. The fraction of sp³-hybridized carbons (Fsp3) is 0.370. The van der Waals surface area contributed by atoms with Gasteiger partial charge in [-0.3, -0.25) is 4.79 Å². The second kappa shape index (κ2) is 11.9. The van der Waals surface area contributed by atoms with E-state index >= 15 is 0 Å². The molecule has 4 rings (SSSR count). The van der Waals surface area contributed by atoms with Gasteiger partial charge in [-0.25, -0.2) is 9.20 Å². The van der Waals surface area contributed by atoms with Crippen LogP contribution in [0.5, 0.6) is 0 Å². The van der Waals surface area contributed by atoms with Gasteiger partial charge in [0.05, 0.1) is 16.8 Å². The van der Waals surface area contributed by atoms with Gasteiger partial charge >= 0.3 is 0 Å². The standard InChI is InChI=1S/C27H31BrN4O/c28-19-11-5-3-1-2-4-6-12-21-32-25(33)18-17-23(29-32)26-24-16-10-13-20-31(24)30-27(26)22-14-8-7-9-15-22/h7-10,13-18,20H,1-6,11-12,19,21H2. The topological polar surface area (TPSA) is 52.2 Å². The van der Waals surface area contributed by atoms with Crippen molar-refractivity contribution >= 4 is 21.4 Å². The average Bonchev–Trinajstić information content (AvgIpc) is 3.24. The van der Waals surface area contributed by atoms with Gasteiger partial charge in [0.15, 0.2) is 0 Å². The lowest BCUT2D eigenvalue weighted by molar-refractivity contribution is 0.506. The van der Waals surface area contributed by atoms with Crippen LogP contribution in [-0.4, -0.2) is 24.7 Å². The summed E-state index contributed by atoms with van der Waals surface area (Å²) < 4.78 is 3.50. The molecule has 6 heteroatoms. The molecule has 0 amide bonds. The maximum absolute atomic E-state index is 12.5. The van der Waals surface area contributed by atoms with Gasteiger partial charge in [0.2, 0.25) is 0 Å². The lowest BCUT2D eigenvalue weighted by Gasteiger charge is -2.08. The molecule has 0 saturated heterocycles. The number of aryl methyl sites for hydroxylation is 1. The SMILES string of the molecule is O=c1ccc(-c2c(-c3ccccc3)nn3ccccc23)nn1CCCCCCCCCCBr. The molecule has 0 fully saturated rings. The van der Waals surface area contributed by atoms with Crippen LogP contribution in [-0.2, 0) is 6.54 Å². The van der Waals surface area contributed by atoms with Gasteiger partial charge in [0.1, 0.15) is 5.69 Å². The predicted octanol–water partition coefficient (Wildman–Crippen LogP) is 6.74. The lowest BCUT2D eigenvalue weighted by atomic mass is 10.0. The second-order valence-corrected chi connectivity index (χ2v) is 9.21. The summed E-state index contributed by atoms with van der Waals surface area (Å²) in [5.41, 5.74) is 4.58. The number of unbranched alkanes of at least 4 members (excludes halogenated alkanes) is 7. The van der Waals surface area contributed by atoms with E-state index in [1.165, 1.54) is 38.5 Å². The minimum Gasteiger partial charge on any atom is -0.268 e. The number of fused-ring (bicyclic) bond motifs is 1. The number of hydrogen-bond acceptors (Lipinski definition) is 3. The number of aromatic nitrogens is 4. The molecule has 0 radical (unpaired) electrons. The maximum atomic E-state index is 12.5. The van der Waals surface area contributed by atoms with Crippen LogP contribution >= 0.6 is 15.9 Å². The summed E-state index contributed by atoms with van der Waals surface area (Å²) >= 11 is 3.49. The van der Waals surface area contributed by atoms with Gasteiger partial charge in [0.25, 0.3) is 5.56 Å². The predicted molar refractivity (Wildman–Crippen MR) is 139 cm³/mol. The summed E-state index contributed by atoms with van der Waals surface area (Å²) in [5.74, 6) is 0. The molecule has 0 unspecified atom stereocenters. The van der Waals surface area contributed by atoms with Gasteiger partial charge in [-0.05, 0) is 31.0 Å². The van der Waals surface area contributed by atoms with E-state index in [0.29, 0.717) is 6.54 Å². The van der Waals surface area contributed by atoms with Crippen LogP contribution < -0.4 is 5.56 Å². The Labute approximate surface area is 203 Å². The smallest absolute Gasteiger partial charge is 0.266 e. The first kappa shape index (κ1) is 23.4. The molecule has 0 aliphatic heterocycles. The van der Waals surface area contributed by atoms with Crippen LogP contribution in [0.15, 0.2) is 71.7 Å². The average molecular weight is 507 g/mol. The molecule has 1 aromatic carbocycles. The molecule has 3 heterocycles. The summed E-state index contributed by atoms with van der Waals surface area (Å²) in [5, 5.41) is 10.7. The Morgan fingerprint density at radius 3 is 2.18 bits per heavy atom. The van der Waals surface area contributed by atoms with Crippen LogP contribution in [0.4, 0.5) is 0 Å². The van der Waals surface area contributed by atoms with Crippen molar-refractivity contribution in [2.45, 2.75) is 57.9 Å². The molecule has 3 aromatic heterocycles. The van der Waals surface area contributed by atoms with E-state index < -0.39 is 0 Å². The minimum absolute atomic E-state index is 0.0498. The van der Waals surface area contributed by atoms with Crippen molar-refractivity contribution < 1.29 is 0 Å². The quantitative estimate of drug-likeness (QED) is 0.158. The van der Waals surface area contributed by atoms with Crippen molar-refractivity contribution in [3.63, 3.8) is 0 Å². The summed E-state index contributed by atoms with van der Waals surface area (Å²) in [4.78, 5) is 12.5. The molecule has 33 heavy (non-hydrogen) atoms. The lowest BCUT2D eigenvalue weighted by Crippen LogP contribution is -2.22. The largest absolute Gasteiger partial charge is 0.268 e. The highest BCUT2D eigenvalue weighted by Crippen LogP contribution is 2.33. The highest BCUT2D eigenvalue weighted by atomic mass is 79.9. The minimum atomic E-state index is -0.0498. The zero-order chi connectivity index (χ0) is 22.9. The Morgan fingerprint density at radius 2 is 1.42 bits per heavy atom. The fourth-order valence-electron chi connectivity index (χ4n) is 4.21. The van der Waals surface area contributed by atoms with Gasteiger partial charge in [-0.1, -0.05) is 90.9 Å². The Kier molecular flexibility index (Phi) is 8.47. The van der Waals surface area contributed by atoms with Gasteiger partial charge in [0, 0.05) is 29.7 Å². The highest BCUT2D eigenvalue weighted by molar-refractivity contribution is 9.09. The van der Waals surface area contributed by atoms with Crippen molar-refractivity contribution in [3.05, 3.63) is 77.2 Å². The summed E-state index contributed by atoms with van der Waals surface area (Å²) in [7, 11) is 0. The van der Waals surface area contributed by atoms with E-state index in [2.05, 4.69) is 28.1 Å². The van der Waals surface area contributed by atoms with Crippen molar-refractivity contribution in [1.82, 2.24) is 19.4 Å². The summed E-state index contributed by atoms with van der Waals surface area (Å²) in [6, 6.07) is 19.6. The van der Waals surface area contributed by atoms with E-state index in [0.717, 1.165) is 46.2 Å². The molecule has 5 nitrogen and oxygen atoms in total. The molecule has 0 bridgehead atoms. The Bertz CT molecular complexity index is 1220. The van der Waals surface area contributed by atoms with E-state index in [9.17, 15) is 4.79 Å². The first-order valence-corrected chi connectivity index (χ1v) is 13.1. The number of benzene rings is 1. The number of nitrogens with zero attached hydrogens (tertiary/aromatic N) is 4. The number of halogens is 1. The molecule has 0 atom stereocenters. The molecule has 172 valence electrons. The molecule has 0 saturated carbocycles. The van der Waals surface area contributed by atoms with Crippen LogP contribution in [0.2, 0.25) is 0 Å². The second-order valence-electron chi connectivity index (χ2n) is 8.42. The molecule has 0 spiro atoms. The third-order valence-electron chi connectivity index (χ3n) is 5.96. The molecular weight excluding hydrogens is 476 g/mol. The zero-order valence-corrected chi connectivity index (χ0v) is 20.6. The van der Waals surface area contributed by atoms with Crippen LogP contribution in [0.25, 0.3) is 28.0 Å². The van der Waals surface area contributed by atoms with Crippen molar-refractivity contribution in [3.8, 4) is 22.5 Å². The number of alkyl halides is 1. The maximum Gasteiger partial charge on any atom is 0.266 e. The van der Waals surface area contributed by atoms with E-state index in [4.69, 9.17) is 10.2 Å². The van der Waals surface area contributed by atoms with Crippen molar-refractivity contribution in [2.24, 2.45) is 0 Å². The zero-order valence-electron chi connectivity index (χ0n) is 19.0. The fourth-order valence-corrected chi connectivity index (χ4v) is 4.61. The van der Waals surface area contributed by atoms with Crippen molar-refractivity contribution in [2.75, 3.05) is 5.33 Å². The number of rotatable bonds is 12. The number of pyridine rings is 1. The normalized spacial score (nSPS) is 11.3. The van der Waals surface area contributed by atoms with Gasteiger partial charge < -0.3 is 0 Å². The Hall–Kier alpha value is -2.73. The van der Waals surface area contributed by atoms with Gasteiger partial charge in [-0.15, -0.1) is 0 Å². The first-order chi connectivity index (χ1) is 16.3. The third-order valence-corrected chi connectivity index (χ3v) is 6.52. The van der Waals surface area contributed by atoms with Crippen LogP contribution in [0, 0.1) is 0 Å². The molecular formula is C27H31BrN4O. The van der Waals surface area contributed by atoms with Crippen LogP contribution in [0.1, 0.15) is 51.4 Å². The van der Waals surface area contributed by atoms with Gasteiger partial charge in [-0.2, -0.15) is 10.2 Å². The summed E-state index contributed by atoms with van der Waals surface area (Å²) in [6.45, 7) is 0.649. The van der Waals surface area contributed by atoms with Crippen molar-refractivity contribution in [1.29, 1.82) is 0 Å². The molecule has 0 aliphatic rings. The monoisotopic (exact) mass is 506 g/mol. The molecule has 0 N–H and O–H groups in total. The Balaban J connectivity index is 1.49. The molecule has 4 aromatic rings. The Morgan fingerprint density at radius 1 is 0.727 bits per heavy atom. The number of hydrogen-bond donors (Lipinski definition) is 0. The summed E-state index contributed by atoms with van der Waals surface area (Å²) in [6.07, 6.45) is 11.7. The van der Waals surface area contributed by atoms with E-state index in [1.807, 2.05) is 53.2 Å². The van der Waals surface area contributed by atoms with E-state index in [-0.39, 0.29) is 5.56 Å². The van der Waals surface area contributed by atoms with Crippen LogP contribution in [0.3, 0.4) is 0 Å².